The third-order valence-electron chi connectivity index (χ3n) is 2.75. The van der Waals surface area contributed by atoms with Gasteiger partial charge in [0.05, 0.1) is 15.6 Å². The van der Waals surface area contributed by atoms with Crippen LogP contribution in [0.2, 0.25) is 4.34 Å². The van der Waals surface area contributed by atoms with Crippen LogP contribution in [0.25, 0.3) is 0 Å². The van der Waals surface area contributed by atoms with Crippen molar-refractivity contribution in [2.24, 2.45) is 0 Å². The van der Waals surface area contributed by atoms with E-state index >= 15 is 0 Å². The number of alkyl halides is 3. The monoisotopic (exact) mass is 336 g/mol. The van der Waals surface area contributed by atoms with Crippen LogP contribution in [-0.2, 0) is 12.7 Å². The molecule has 0 saturated heterocycles. The molecule has 0 aromatic carbocycles. The fourth-order valence-electron chi connectivity index (χ4n) is 1.77. The van der Waals surface area contributed by atoms with Crippen molar-refractivity contribution < 1.29 is 18.3 Å². The normalized spacial score (nSPS) is 13.4. The molecule has 0 bridgehead atoms. The number of pyridine rings is 1. The zero-order valence-electron chi connectivity index (χ0n) is 10.7. The van der Waals surface area contributed by atoms with Crippen LogP contribution < -0.4 is 5.32 Å². The molecule has 1 unspecified atom stereocenters. The van der Waals surface area contributed by atoms with Gasteiger partial charge in [-0.15, -0.1) is 11.3 Å². The van der Waals surface area contributed by atoms with Crippen LogP contribution in [-0.4, -0.2) is 16.6 Å². The maximum atomic E-state index is 12.8. The highest BCUT2D eigenvalue weighted by Gasteiger charge is 2.33. The van der Waals surface area contributed by atoms with E-state index in [1.165, 1.54) is 23.6 Å². The van der Waals surface area contributed by atoms with Gasteiger partial charge in [-0.3, -0.25) is 4.98 Å². The van der Waals surface area contributed by atoms with Crippen LogP contribution >= 0.6 is 22.9 Å². The molecule has 8 heteroatoms. The summed E-state index contributed by atoms with van der Waals surface area (Å²) < 4.78 is 38.9. The van der Waals surface area contributed by atoms with Crippen LogP contribution in [0.15, 0.2) is 30.5 Å². The fourth-order valence-corrected chi connectivity index (χ4v) is 2.82. The average Bonchev–Trinajstić information content (AvgIpc) is 2.85. The third-order valence-corrected chi connectivity index (χ3v) is 4.08. The Bertz CT molecular complexity index is 603. The van der Waals surface area contributed by atoms with Crippen molar-refractivity contribution in [3.63, 3.8) is 0 Å². The summed E-state index contributed by atoms with van der Waals surface area (Å²) in [5.74, 6) is 0. The quantitative estimate of drug-likeness (QED) is 0.876. The number of halogens is 4. The Morgan fingerprint density at radius 2 is 2.10 bits per heavy atom. The molecule has 2 N–H and O–H groups in total. The van der Waals surface area contributed by atoms with Gasteiger partial charge in [0, 0.05) is 24.2 Å². The van der Waals surface area contributed by atoms with Gasteiger partial charge in [-0.2, -0.15) is 13.2 Å². The molecule has 0 aliphatic carbocycles. The Kier molecular flexibility index (Phi) is 5.21. The first-order valence-corrected chi connectivity index (χ1v) is 7.22. The Labute approximate surface area is 128 Å². The smallest absolute Gasteiger partial charge is 0.386 e. The van der Waals surface area contributed by atoms with Crippen molar-refractivity contribution in [3.05, 3.63) is 50.9 Å². The lowest BCUT2D eigenvalue weighted by atomic mass is 10.2. The average molecular weight is 337 g/mol. The maximum Gasteiger partial charge on any atom is 0.418 e. The van der Waals surface area contributed by atoms with Gasteiger partial charge in [-0.05, 0) is 24.3 Å². The molecule has 0 saturated carbocycles. The van der Waals surface area contributed by atoms with Gasteiger partial charge >= 0.3 is 6.18 Å². The van der Waals surface area contributed by atoms with Gasteiger partial charge in [0.15, 0.2) is 0 Å². The third kappa shape index (κ3) is 4.41. The van der Waals surface area contributed by atoms with E-state index in [1.54, 1.807) is 12.1 Å². The number of rotatable bonds is 5. The molecular weight excluding hydrogens is 325 g/mol. The summed E-state index contributed by atoms with van der Waals surface area (Å²) in [6, 6.07) is 5.57. The standard InChI is InChI=1S/C13H12ClF3N2OS/c14-12-4-3-11(21-12)10(20)7-18-6-9-8(13(15,16)17)2-1-5-19-9/h1-5,10,18,20H,6-7H2. The van der Waals surface area contributed by atoms with Crippen LogP contribution in [0, 0.1) is 0 Å². The molecule has 21 heavy (non-hydrogen) atoms. The first-order valence-electron chi connectivity index (χ1n) is 6.03. The zero-order valence-corrected chi connectivity index (χ0v) is 12.3. The molecule has 0 radical (unpaired) electrons. The van der Waals surface area contributed by atoms with Crippen LogP contribution in [0.4, 0.5) is 13.2 Å². The highest BCUT2D eigenvalue weighted by molar-refractivity contribution is 7.16. The minimum absolute atomic E-state index is 0.0775. The van der Waals surface area contributed by atoms with Crippen molar-refractivity contribution in [2.75, 3.05) is 6.54 Å². The van der Waals surface area contributed by atoms with Gasteiger partial charge in [-0.25, -0.2) is 0 Å². The number of hydrogen-bond donors (Lipinski definition) is 2. The Hall–Kier alpha value is -1.15. The summed E-state index contributed by atoms with van der Waals surface area (Å²) >= 11 is 6.99. The molecule has 0 spiro atoms. The summed E-state index contributed by atoms with van der Waals surface area (Å²) in [7, 11) is 0. The number of thiophene rings is 1. The van der Waals surface area contributed by atoms with Crippen LogP contribution in [0.5, 0.6) is 0 Å². The van der Waals surface area contributed by atoms with Gasteiger partial charge in [0.25, 0.3) is 0 Å². The lowest BCUT2D eigenvalue weighted by Gasteiger charge is -2.13. The van der Waals surface area contributed by atoms with E-state index in [4.69, 9.17) is 11.6 Å². The summed E-state index contributed by atoms with van der Waals surface area (Å²) in [4.78, 5) is 4.39. The SMILES string of the molecule is OC(CNCc1ncccc1C(F)(F)F)c1ccc(Cl)s1. The molecule has 2 heterocycles. The molecule has 0 aliphatic heterocycles. The Morgan fingerprint density at radius 1 is 1.33 bits per heavy atom. The summed E-state index contributed by atoms with van der Waals surface area (Å²) in [6.45, 7) is 0.0383. The van der Waals surface area contributed by atoms with E-state index in [9.17, 15) is 18.3 Å². The van der Waals surface area contributed by atoms with Gasteiger partial charge < -0.3 is 10.4 Å². The largest absolute Gasteiger partial charge is 0.418 e. The second-order valence-corrected chi connectivity index (χ2v) is 6.03. The molecule has 1 atom stereocenters. The molecule has 2 aromatic heterocycles. The summed E-state index contributed by atoms with van der Waals surface area (Å²) in [5.41, 5.74) is -0.868. The molecule has 2 rings (SSSR count). The van der Waals surface area contributed by atoms with E-state index in [0.29, 0.717) is 9.21 Å². The number of aliphatic hydroxyl groups excluding tert-OH is 1. The second kappa shape index (κ2) is 6.74. The van der Waals surface area contributed by atoms with Gasteiger partial charge in [0.2, 0.25) is 0 Å². The summed E-state index contributed by atoms with van der Waals surface area (Å²) in [6.07, 6.45) is -3.95. The van der Waals surface area contributed by atoms with Gasteiger partial charge in [0.1, 0.15) is 6.10 Å². The maximum absolute atomic E-state index is 12.8. The van der Waals surface area contributed by atoms with E-state index in [2.05, 4.69) is 10.3 Å². The number of hydrogen-bond acceptors (Lipinski definition) is 4. The molecule has 0 amide bonds. The molecule has 2 aromatic rings. The minimum Gasteiger partial charge on any atom is -0.386 e. The second-order valence-electron chi connectivity index (χ2n) is 4.28. The van der Waals surface area contributed by atoms with Crippen LogP contribution in [0.1, 0.15) is 22.2 Å². The number of nitrogens with one attached hydrogen (secondary N) is 1. The molecule has 0 fully saturated rings. The van der Waals surface area contributed by atoms with Crippen molar-refractivity contribution in [1.82, 2.24) is 10.3 Å². The number of aliphatic hydroxyl groups is 1. The van der Waals surface area contributed by atoms with Crippen molar-refractivity contribution >= 4 is 22.9 Å². The predicted molar refractivity (Wildman–Crippen MR) is 75.2 cm³/mol. The zero-order chi connectivity index (χ0) is 15.5. The first-order chi connectivity index (χ1) is 9.88. The van der Waals surface area contributed by atoms with Crippen molar-refractivity contribution in [1.29, 1.82) is 0 Å². The predicted octanol–water partition coefficient (Wildman–Crippen LogP) is 3.64. The van der Waals surface area contributed by atoms with E-state index in [-0.39, 0.29) is 18.8 Å². The van der Waals surface area contributed by atoms with E-state index < -0.39 is 17.8 Å². The highest BCUT2D eigenvalue weighted by atomic mass is 35.5. The minimum atomic E-state index is -4.44. The van der Waals surface area contributed by atoms with Crippen molar-refractivity contribution in [2.45, 2.75) is 18.8 Å². The van der Waals surface area contributed by atoms with Crippen molar-refractivity contribution in [3.8, 4) is 0 Å². The lowest BCUT2D eigenvalue weighted by Crippen LogP contribution is -2.23. The molecule has 0 aliphatic rings. The first kappa shape index (κ1) is 16.2. The highest BCUT2D eigenvalue weighted by Crippen LogP contribution is 2.31. The van der Waals surface area contributed by atoms with Gasteiger partial charge in [-0.1, -0.05) is 11.6 Å². The Balaban J connectivity index is 1.95. The fraction of sp³-hybridized carbons (Fsp3) is 0.308. The topological polar surface area (TPSA) is 45.1 Å². The lowest BCUT2D eigenvalue weighted by molar-refractivity contribution is -0.138. The van der Waals surface area contributed by atoms with Crippen LogP contribution in [0.3, 0.4) is 0 Å². The Morgan fingerprint density at radius 3 is 2.71 bits per heavy atom. The number of nitrogens with zero attached hydrogens (tertiary/aromatic N) is 1. The number of aromatic nitrogens is 1. The summed E-state index contributed by atoms with van der Waals surface area (Å²) in [5, 5.41) is 12.7. The van der Waals surface area contributed by atoms with E-state index in [0.717, 1.165) is 6.07 Å². The molecule has 3 nitrogen and oxygen atoms in total. The molecular formula is C13H12ClF3N2OS. The molecule has 114 valence electrons. The van der Waals surface area contributed by atoms with E-state index in [1.807, 2.05) is 0 Å².